The van der Waals surface area contributed by atoms with Crippen LogP contribution < -0.4 is 9.47 Å². The highest BCUT2D eigenvalue weighted by atomic mass is 35.5. The molecule has 2 aromatic carbocycles. The summed E-state index contributed by atoms with van der Waals surface area (Å²) in [5.74, 6) is 1.76. The summed E-state index contributed by atoms with van der Waals surface area (Å²) in [6.07, 6.45) is 3.11. The number of hydrogen-bond acceptors (Lipinski definition) is 6. The van der Waals surface area contributed by atoms with Gasteiger partial charge in [0, 0.05) is 16.5 Å². The minimum Gasteiger partial charge on any atom is -0.487 e. The molecule has 0 saturated carbocycles. The standard InChI is InChI=1S/C23H24ClNO5S/c1-16(2)31(26,27)28-14-4-5-17(3)29-20-8-10-21(11-9-20)30-23-13-6-18-15-19(24)7-12-22(18)25-23/h4-13,15-17H,14H2,1-3H3. The van der Waals surface area contributed by atoms with Crippen molar-refractivity contribution >= 4 is 32.6 Å². The normalized spacial score (nSPS) is 13.1. The number of benzene rings is 2. The minimum absolute atomic E-state index is 0.0219. The topological polar surface area (TPSA) is 74.7 Å². The van der Waals surface area contributed by atoms with Gasteiger partial charge in [0.1, 0.15) is 17.6 Å². The van der Waals surface area contributed by atoms with Crippen LogP contribution in [-0.4, -0.2) is 31.4 Å². The van der Waals surface area contributed by atoms with Crippen molar-refractivity contribution in [2.24, 2.45) is 0 Å². The van der Waals surface area contributed by atoms with E-state index in [0.717, 1.165) is 10.9 Å². The maximum atomic E-state index is 11.6. The van der Waals surface area contributed by atoms with Crippen LogP contribution in [0.15, 0.2) is 66.7 Å². The average Bonchev–Trinajstić information content (AvgIpc) is 2.73. The Hall–Kier alpha value is -2.61. The minimum atomic E-state index is -3.52. The number of halogens is 1. The number of nitrogens with zero attached hydrogens (tertiary/aromatic N) is 1. The third kappa shape index (κ3) is 6.69. The van der Waals surface area contributed by atoms with E-state index >= 15 is 0 Å². The number of aromatic nitrogens is 1. The molecule has 0 aliphatic rings. The van der Waals surface area contributed by atoms with Crippen molar-refractivity contribution in [3.63, 3.8) is 0 Å². The van der Waals surface area contributed by atoms with Crippen molar-refractivity contribution in [1.29, 1.82) is 0 Å². The van der Waals surface area contributed by atoms with Gasteiger partial charge >= 0.3 is 0 Å². The van der Waals surface area contributed by atoms with Gasteiger partial charge in [-0.2, -0.15) is 8.42 Å². The Morgan fingerprint density at radius 2 is 1.71 bits per heavy atom. The molecule has 3 aromatic rings. The van der Waals surface area contributed by atoms with Gasteiger partial charge in [0.25, 0.3) is 10.1 Å². The van der Waals surface area contributed by atoms with Crippen LogP contribution >= 0.6 is 11.6 Å². The highest BCUT2D eigenvalue weighted by Crippen LogP contribution is 2.26. The molecule has 0 saturated heterocycles. The van der Waals surface area contributed by atoms with Gasteiger partial charge in [-0.25, -0.2) is 4.98 Å². The average molecular weight is 462 g/mol. The van der Waals surface area contributed by atoms with Crippen molar-refractivity contribution in [2.75, 3.05) is 6.61 Å². The number of rotatable bonds is 9. The van der Waals surface area contributed by atoms with E-state index in [-0.39, 0.29) is 12.7 Å². The van der Waals surface area contributed by atoms with E-state index in [0.29, 0.717) is 22.4 Å². The van der Waals surface area contributed by atoms with E-state index in [4.69, 9.17) is 25.3 Å². The Bertz CT molecular complexity index is 1160. The smallest absolute Gasteiger partial charge is 0.269 e. The maximum Gasteiger partial charge on any atom is 0.269 e. The molecule has 6 nitrogen and oxygen atoms in total. The molecule has 0 aliphatic carbocycles. The predicted molar refractivity (Wildman–Crippen MR) is 123 cm³/mol. The second-order valence-electron chi connectivity index (χ2n) is 7.14. The second kappa shape index (κ2) is 10.1. The van der Waals surface area contributed by atoms with Crippen LogP contribution in [0.1, 0.15) is 20.8 Å². The van der Waals surface area contributed by atoms with Gasteiger partial charge in [-0.1, -0.05) is 17.7 Å². The van der Waals surface area contributed by atoms with Crippen molar-refractivity contribution in [2.45, 2.75) is 32.1 Å². The van der Waals surface area contributed by atoms with Crippen LogP contribution in [-0.2, 0) is 14.3 Å². The van der Waals surface area contributed by atoms with E-state index < -0.39 is 15.4 Å². The fraction of sp³-hybridized carbons (Fsp3) is 0.261. The first kappa shape index (κ1) is 23.1. The number of fused-ring (bicyclic) bond motifs is 1. The molecule has 1 unspecified atom stereocenters. The first-order chi connectivity index (χ1) is 14.7. The summed E-state index contributed by atoms with van der Waals surface area (Å²) < 4.78 is 39.7. The Kier molecular flexibility index (Phi) is 7.54. The number of pyridine rings is 1. The van der Waals surface area contributed by atoms with E-state index in [2.05, 4.69) is 4.98 Å². The molecule has 0 fully saturated rings. The second-order valence-corrected chi connectivity index (χ2v) is 9.74. The highest BCUT2D eigenvalue weighted by Gasteiger charge is 2.15. The quantitative estimate of drug-likeness (QED) is 0.298. The first-order valence-corrected chi connectivity index (χ1v) is 11.6. The van der Waals surface area contributed by atoms with Gasteiger partial charge < -0.3 is 9.47 Å². The van der Waals surface area contributed by atoms with Crippen LogP contribution in [0.4, 0.5) is 0 Å². The lowest BCUT2D eigenvalue weighted by atomic mass is 10.2. The van der Waals surface area contributed by atoms with Crippen molar-refractivity contribution in [1.82, 2.24) is 4.98 Å². The lowest BCUT2D eigenvalue weighted by Crippen LogP contribution is -2.17. The van der Waals surface area contributed by atoms with Crippen molar-refractivity contribution in [3.05, 3.63) is 71.8 Å². The summed E-state index contributed by atoms with van der Waals surface area (Å²) in [5.41, 5.74) is 0.799. The molecule has 164 valence electrons. The largest absolute Gasteiger partial charge is 0.487 e. The molecule has 1 heterocycles. The SMILES string of the molecule is CC(C=CCOS(=O)(=O)C(C)C)Oc1ccc(Oc2ccc3cc(Cl)ccc3n2)cc1. The Labute approximate surface area is 187 Å². The molecular formula is C23H24ClNO5S. The molecule has 0 amide bonds. The van der Waals surface area contributed by atoms with Gasteiger partial charge in [-0.15, -0.1) is 0 Å². The molecular weight excluding hydrogens is 438 g/mol. The molecule has 1 aromatic heterocycles. The van der Waals surface area contributed by atoms with E-state index in [1.54, 1.807) is 62.4 Å². The van der Waals surface area contributed by atoms with Crippen LogP contribution in [0.3, 0.4) is 0 Å². The zero-order valence-electron chi connectivity index (χ0n) is 17.5. The van der Waals surface area contributed by atoms with E-state index in [1.165, 1.54) is 0 Å². The summed E-state index contributed by atoms with van der Waals surface area (Å²) in [6.45, 7) is 4.98. The Morgan fingerprint density at radius 1 is 1.00 bits per heavy atom. The fourth-order valence-electron chi connectivity index (χ4n) is 2.61. The summed E-state index contributed by atoms with van der Waals surface area (Å²) in [7, 11) is -3.52. The third-order valence-corrected chi connectivity index (χ3v) is 6.16. The van der Waals surface area contributed by atoms with Crippen molar-refractivity contribution < 1.29 is 22.1 Å². The molecule has 0 N–H and O–H groups in total. The molecule has 8 heteroatoms. The Morgan fingerprint density at radius 3 is 2.42 bits per heavy atom. The molecule has 0 aliphatic heterocycles. The molecule has 0 bridgehead atoms. The fourth-order valence-corrected chi connectivity index (χ4v) is 3.33. The highest BCUT2D eigenvalue weighted by molar-refractivity contribution is 7.87. The lowest BCUT2D eigenvalue weighted by molar-refractivity contribution is 0.267. The lowest BCUT2D eigenvalue weighted by Gasteiger charge is -2.12. The zero-order chi connectivity index (χ0) is 22.4. The van der Waals surface area contributed by atoms with Gasteiger partial charge in [-0.3, -0.25) is 4.18 Å². The Balaban J connectivity index is 1.54. The van der Waals surface area contributed by atoms with Gasteiger partial charge in [0.05, 0.1) is 17.4 Å². The van der Waals surface area contributed by atoms with Gasteiger partial charge in [-0.05, 0) is 75.4 Å². The molecule has 3 rings (SSSR count). The maximum absolute atomic E-state index is 11.6. The number of ether oxygens (including phenoxy) is 2. The predicted octanol–water partition coefficient (Wildman–Crippen LogP) is 5.76. The molecule has 1 atom stereocenters. The van der Waals surface area contributed by atoms with Gasteiger partial charge in [0.2, 0.25) is 5.88 Å². The summed E-state index contributed by atoms with van der Waals surface area (Å²) in [5, 5.41) is 1.03. The van der Waals surface area contributed by atoms with Crippen molar-refractivity contribution in [3.8, 4) is 17.4 Å². The van der Waals surface area contributed by atoms with Crippen LogP contribution in [0.2, 0.25) is 5.02 Å². The molecule has 0 spiro atoms. The van der Waals surface area contributed by atoms with Gasteiger partial charge in [0.15, 0.2) is 0 Å². The summed E-state index contributed by atoms with van der Waals surface area (Å²) in [6, 6.07) is 16.3. The monoisotopic (exact) mass is 461 g/mol. The molecule has 0 radical (unpaired) electrons. The van der Waals surface area contributed by atoms with Crippen LogP contribution in [0, 0.1) is 0 Å². The van der Waals surface area contributed by atoms with E-state index in [9.17, 15) is 8.42 Å². The zero-order valence-corrected chi connectivity index (χ0v) is 19.1. The first-order valence-electron chi connectivity index (χ1n) is 9.79. The molecule has 31 heavy (non-hydrogen) atoms. The summed E-state index contributed by atoms with van der Waals surface area (Å²) in [4.78, 5) is 4.48. The van der Waals surface area contributed by atoms with Crippen LogP contribution in [0.5, 0.6) is 17.4 Å². The third-order valence-electron chi connectivity index (χ3n) is 4.31. The van der Waals surface area contributed by atoms with Crippen LogP contribution in [0.25, 0.3) is 10.9 Å². The van der Waals surface area contributed by atoms with E-state index in [1.807, 2.05) is 25.1 Å². The number of hydrogen-bond donors (Lipinski definition) is 0. The summed E-state index contributed by atoms with van der Waals surface area (Å²) >= 11 is 6.00.